The SMILES string of the molecule is O=C(OCc1nc2ccccc2n1C(F)F)c1ccc(-c2ccccc2F)o1. The summed E-state index contributed by atoms with van der Waals surface area (Å²) >= 11 is 0. The number of benzene rings is 2. The van der Waals surface area contributed by atoms with Crippen LogP contribution in [0.5, 0.6) is 0 Å². The first-order valence-corrected chi connectivity index (χ1v) is 8.30. The molecule has 0 atom stereocenters. The molecule has 0 N–H and O–H groups in total. The summed E-state index contributed by atoms with van der Waals surface area (Å²) in [5.41, 5.74) is 0.804. The van der Waals surface area contributed by atoms with Gasteiger partial charge >= 0.3 is 12.5 Å². The summed E-state index contributed by atoms with van der Waals surface area (Å²) in [5.74, 6) is -1.47. The van der Waals surface area contributed by atoms with Crippen molar-refractivity contribution in [2.24, 2.45) is 0 Å². The Kier molecular flexibility index (Phi) is 4.60. The molecular formula is C20H13F3N2O3. The zero-order chi connectivity index (χ0) is 19.7. The largest absolute Gasteiger partial charge is 0.452 e. The minimum Gasteiger partial charge on any atom is -0.452 e. The van der Waals surface area contributed by atoms with Gasteiger partial charge in [-0.05, 0) is 36.4 Å². The molecular weight excluding hydrogens is 373 g/mol. The van der Waals surface area contributed by atoms with E-state index >= 15 is 0 Å². The molecule has 0 radical (unpaired) electrons. The van der Waals surface area contributed by atoms with E-state index in [1.807, 2.05) is 0 Å². The van der Waals surface area contributed by atoms with E-state index in [0.29, 0.717) is 10.1 Å². The number of hydrogen-bond acceptors (Lipinski definition) is 4. The van der Waals surface area contributed by atoms with Crippen LogP contribution in [0.3, 0.4) is 0 Å². The van der Waals surface area contributed by atoms with E-state index in [-0.39, 0.29) is 28.4 Å². The quantitative estimate of drug-likeness (QED) is 0.443. The number of esters is 1. The lowest BCUT2D eigenvalue weighted by molar-refractivity contribution is 0.0359. The van der Waals surface area contributed by atoms with E-state index < -0.39 is 24.9 Å². The topological polar surface area (TPSA) is 57.3 Å². The smallest absolute Gasteiger partial charge is 0.374 e. The van der Waals surface area contributed by atoms with Gasteiger partial charge in [0.25, 0.3) is 0 Å². The second kappa shape index (κ2) is 7.22. The van der Waals surface area contributed by atoms with Crippen molar-refractivity contribution in [2.45, 2.75) is 13.2 Å². The van der Waals surface area contributed by atoms with Crippen molar-refractivity contribution in [3.05, 3.63) is 78.1 Å². The van der Waals surface area contributed by atoms with Gasteiger partial charge in [-0.25, -0.2) is 14.2 Å². The van der Waals surface area contributed by atoms with Crippen LogP contribution < -0.4 is 0 Å². The van der Waals surface area contributed by atoms with Crippen molar-refractivity contribution in [1.82, 2.24) is 9.55 Å². The molecule has 0 aliphatic carbocycles. The highest BCUT2D eigenvalue weighted by Crippen LogP contribution is 2.26. The Balaban J connectivity index is 1.54. The van der Waals surface area contributed by atoms with Crippen LogP contribution in [0.1, 0.15) is 22.9 Å². The van der Waals surface area contributed by atoms with Gasteiger partial charge in [0.2, 0.25) is 5.76 Å². The predicted octanol–water partition coefficient (Wildman–Crippen LogP) is 5.19. The lowest BCUT2D eigenvalue weighted by Gasteiger charge is -2.07. The molecule has 0 fully saturated rings. The van der Waals surface area contributed by atoms with Crippen LogP contribution in [0.2, 0.25) is 0 Å². The van der Waals surface area contributed by atoms with E-state index in [1.54, 1.807) is 24.3 Å². The first-order valence-electron chi connectivity index (χ1n) is 8.30. The molecule has 0 unspecified atom stereocenters. The number of nitrogens with zero attached hydrogens (tertiary/aromatic N) is 2. The van der Waals surface area contributed by atoms with Gasteiger partial charge in [0, 0.05) is 0 Å². The summed E-state index contributed by atoms with van der Waals surface area (Å²) < 4.78 is 51.7. The lowest BCUT2D eigenvalue weighted by atomic mass is 10.1. The van der Waals surface area contributed by atoms with Crippen molar-refractivity contribution in [1.29, 1.82) is 0 Å². The minimum atomic E-state index is -2.84. The molecule has 2 aromatic carbocycles. The second-order valence-electron chi connectivity index (χ2n) is 5.88. The number of imidazole rings is 1. The Morgan fingerprint density at radius 3 is 2.61 bits per heavy atom. The number of para-hydroxylation sites is 2. The molecule has 0 amide bonds. The van der Waals surface area contributed by atoms with Crippen molar-refractivity contribution in [3.8, 4) is 11.3 Å². The summed E-state index contributed by atoms with van der Waals surface area (Å²) in [6.45, 7) is -3.30. The van der Waals surface area contributed by atoms with Gasteiger partial charge < -0.3 is 9.15 Å². The number of alkyl halides is 2. The summed E-state index contributed by atoms with van der Waals surface area (Å²) in [7, 11) is 0. The third-order valence-corrected chi connectivity index (χ3v) is 4.14. The molecule has 2 aromatic heterocycles. The molecule has 0 saturated carbocycles. The fourth-order valence-electron chi connectivity index (χ4n) is 2.87. The first-order chi connectivity index (χ1) is 13.5. The highest BCUT2D eigenvalue weighted by atomic mass is 19.3. The van der Waals surface area contributed by atoms with Crippen molar-refractivity contribution < 1.29 is 27.1 Å². The van der Waals surface area contributed by atoms with Crippen LogP contribution in [0.4, 0.5) is 13.2 Å². The maximum absolute atomic E-state index is 13.8. The Labute approximate surface area is 157 Å². The van der Waals surface area contributed by atoms with Crippen LogP contribution in [0, 0.1) is 5.82 Å². The maximum Gasteiger partial charge on any atom is 0.374 e. The molecule has 8 heteroatoms. The number of hydrogen-bond donors (Lipinski definition) is 0. The first kappa shape index (κ1) is 17.8. The standard InChI is InChI=1S/C20H13F3N2O3/c21-13-6-2-1-5-12(13)16-9-10-17(28-16)19(26)27-11-18-24-14-7-3-4-8-15(14)25(18)20(22)23/h1-10,20H,11H2. The highest BCUT2D eigenvalue weighted by molar-refractivity contribution is 5.87. The lowest BCUT2D eigenvalue weighted by Crippen LogP contribution is -2.10. The molecule has 5 nitrogen and oxygen atoms in total. The summed E-state index contributed by atoms with van der Waals surface area (Å²) in [5, 5.41) is 0. The van der Waals surface area contributed by atoms with E-state index in [0.717, 1.165) is 0 Å². The normalized spacial score (nSPS) is 11.3. The van der Waals surface area contributed by atoms with Gasteiger partial charge in [-0.15, -0.1) is 0 Å². The molecule has 0 spiro atoms. The third kappa shape index (κ3) is 3.24. The number of carbonyl (C=O) groups is 1. The molecule has 0 saturated heterocycles. The number of aromatic nitrogens is 2. The molecule has 4 rings (SSSR count). The van der Waals surface area contributed by atoms with Gasteiger partial charge in [0.1, 0.15) is 18.2 Å². The molecule has 28 heavy (non-hydrogen) atoms. The van der Waals surface area contributed by atoms with Crippen molar-refractivity contribution in [2.75, 3.05) is 0 Å². The number of rotatable bonds is 5. The third-order valence-electron chi connectivity index (χ3n) is 4.14. The van der Waals surface area contributed by atoms with Gasteiger partial charge in [0.15, 0.2) is 5.82 Å². The average Bonchev–Trinajstić information content (AvgIpc) is 3.31. The average molecular weight is 386 g/mol. The van der Waals surface area contributed by atoms with E-state index in [4.69, 9.17) is 9.15 Å². The fourth-order valence-corrected chi connectivity index (χ4v) is 2.87. The van der Waals surface area contributed by atoms with Gasteiger partial charge in [-0.2, -0.15) is 8.78 Å². The van der Waals surface area contributed by atoms with Crippen LogP contribution in [0.15, 0.2) is 65.1 Å². The molecule has 0 aliphatic heterocycles. The Hall–Kier alpha value is -3.55. The van der Waals surface area contributed by atoms with E-state index in [9.17, 15) is 18.0 Å². The maximum atomic E-state index is 13.8. The van der Waals surface area contributed by atoms with Crippen LogP contribution in [0.25, 0.3) is 22.4 Å². The van der Waals surface area contributed by atoms with Gasteiger partial charge in [0.05, 0.1) is 16.6 Å². The van der Waals surface area contributed by atoms with Crippen LogP contribution in [-0.4, -0.2) is 15.5 Å². The Bertz CT molecular complexity index is 1150. The molecule has 0 bridgehead atoms. The zero-order valence-corrected chi connectivity index (χ0v) is 14.3. The molecule has 4 aromatic rings. The molecule has 2 heterocycles. The molecule has 142 valence electrons. The minimum absolute atomic E-state index is 0.0922. The Morgan fingerprint density at radius 1 is 1.07 bits per heavy atom. The summed E-state index contributed by atoms with van der Waals surface area (Å²) in [6.07, 6.45) is 0. The molecule has 0 aliphatic rings. The predicted molar refractivity (Wildman–Crippen MR) is 94.2 cm³/mol. The summed E-state index contributed by atoms with van der Waals surface area (Å²) in [6, 6.07) is 15.1. The Morgan fingerprint density at radius 2 is 1.82 bits per heavy atom. The number of ether oxygens (including phenoxy) is 1. The zero-order valence-electron chi connectivity index (χ0n) is 14.3. The fraction of sp³-hybridized carbons (Fsp3) is 0.100. The van der Waals surface area contributed by atoms with Gasteiger partial charge in [-0.1, -0.05) is 24.3 Å². The van der Waals surface area contributed by atoms with Crippen molar-refractivity contribution in [3.63, 3.8) is 0 Å². The summed E-state index contributed by atoms with van der Waals surface area (Å²) in [4.78, 5) is 16.3. The van der Waals surface area contributed by atoms with Crippen LogP contribution >= 0.6 is 0 Å². The van der Waals surface area contributed by atoms with E-state index in [2.05, 4.69) is 4.98 Å². The number of halogens is 3. The number of furan rings is 1. The monoisotopic (exact) mass is 386 g/mol. The van der Waals surface area contributed by atoms with Crippen LogP contribution in [-0.2, 0) is 11.3 Å². The highest BCUT2D eigenvalue weighted by Gasteiger charge is 2.20. The van der Waals surface area contributed by atoms with E-state index in [1.165, 1.54) is 36.4 Å². The number of carbonyl (C=O) groups excluding carboxylic acids is 1. The number of fused-ring (bicyclic) bond motifs is 1. The second-order valence-corrected chi connectivity index (χ2v) is 5.88. The van der Waals surface area contributed by atoms with Gasteiger partial charge in [-0.3, -0.25) is 4.57 Å². The van der Waals surface area contributed by atoms with Crippen molar-refractivity contribution >= 4 is 17.0 Å².